The number of hydrogen-bond donors (Lipinski definition) is 2. The van der Waals surface area contributed by atoms with Gasteiger partial charge in [-0.3, -0.25) is 10.4 Å². The molecule has 1 aromatic carbocycles. The monoisotopic (exact) mass is 291 g/mol. The van der Waals surface area contributed by atoms with Crippen LogP contribution in [0.15, 0.2) is 47.5 Å². The third-order valence-corrected chi connectivity index (χ3v) is 3.62. The van der Waals surface area contributed by atoms with Gasteiger partial charge in [-0.05, 0) is 30.3 Å². The third kappa shape index (κ3) is 3.33. The van der Waals surface area contributed by atoms with Crippen LogP contribution in [0, 0.1) is 5.41 Å². The summed E-state index contributed by atoms with van der Waals surface area (Å²) in [5.41, 5.74) is 5.66. The molecule has 0 saturated heterocycles. The van der Waals surface area contributed by atoms with Crippen LogP contribution in [-0.4, -0.2) is 25.5 Å². The van der Waals surface area contributed by atoms with E-state index in [-0.39, 0.29) is 10.7 Å². The highest BCUT2D eigenvalue weighted by Gasteiger charge is 2.07. The molecule has 6 nitrogen and oxygen atoms in total. The SMILES string of the molecule is CS(=O)(=O)c1ccc(Oc2ccnc(C(=N)N)c2)cc1. The van der Waals surface area contributed by atoms with Crippen LogP contribution in [0.4, 0.5) is 0 Å². The smallest absolute Gasteiger partial charge is 0.175 e. The van der Waals surface area contributed by atoms with Crippen molar-refractivity contribution in [3.8, 4) is 11.5 Å². The van der Waals surface area contributed by atoms with Crippen molar-refractivity contribution in [2.24, 2.45) is 5.73 Å². The number of aromatic nitrogens is 1. The fourth-order valence-electron chi connectivity index (χ4n) is 1.51. The van der Waals surface area contributed by atoms with E-state index in [1.54, 1.807) is 18.2 Å². The second-order valence-corrected chi connectivity index (χ2v) is 6.15. The second-order valence-electron chi connectivity index (χ2n) is 4.14. The van der Waals surface area contributed by atoms with Crippen molar-refractivity contribution in [3.63, 3.8) is 0 Å². The first-order valence-electron chi connectivity index (χ1n) is 5.65. The summed E-state index contributed by atoms with van der Waals surface area (Å²) in [6.45, 7) is 0. The van der Waals surface area contributed by atoms with Crippen LogP contribution in [0.5, 0.6) is 11.5 Å². The minimum absolute atomic E-state index is 0.150. The molecule has 0 aliphatic carbocycles. The Bertz CT molecular complexity index is 740. The summed E-state index contributed by atoms with van der Waals surface area (Å²) in [6, 6.07) is 9.22. The Morgan fingerprint density at radius 2 is 1.85 bits per heavy atom. The molecule has 20 heavy (non-hydrogen) atoms. The van der Waals surface area contributed by atoms with Crippen molar-refractivity contribution in [2.75, 3.05) is 6.26 Å². The van der Waals surface area contributed by atoms with Gasteiger partial charge >= 0.3 is 0 Å². The predicted molar refractivity (Wildman–Crippen MR) is 74.9 cm³/mol. The fraction of sp³-hybridized carbons (Fsp3) is 0.0769. The molecule has 0 unspecified atom stereocenters. The molecule has 0 bridgehead atoms. The van der Waals surface area contributed by atoms with Gasteiger partial charge < -0.3 is 10.5 Å². The Hall–Kier alpha value is -2.41. The molecule has 0 aliphatic heterocycles. The quantitative estimate of drug-likeness (QED) is 0.656. The Kier molecular flexibility index (Phi) is 3.71. The summed E-state index contributed by atoms with van der Waals surface area (Å²) < 4.78 is 28.2. The maximum atomic E-state index is 11.3. The van der Waals surface area contributed by atoms with Crippen LogP contribution in [-0.2, 0) is 9.84 Å². The van der Waals surface area contributed by atoms with E-state index in [2.05, 4.69) is 4.98 Å². The number of sulfone groups is 1. The molecule has 0 spiro atoms. The zero-order chi connectivity index (χ0) is 14.8. The van der Waals surface area contributed by atoms with Gasteiger partial charge in [0, 0.05) is 18.5 Å². The molecule has 7 heteroatoms. The summed E-state index contributed by atoms with van der Waals surface area (Å²) in [5, 5.41) is 7.30. The van der Waals surface area contributed by atoms with Gasteiger partial charge in [-0.2, -0.15) is 0 Å². The van der Waals surface area contributed by atoms with E-state index < -0.39 is 9.84 Å². The van der Waals surface area contributed by atoms with E-state index in [9.17, 15) is 8.42 Å². The molecule has 0 fully saturated rings. The molecule has 0 atom stereocenters. The zero-order valence-corrected chi connectivity index (χ0v) is 11.5. The lowest BCUT2D eigenvalue weighted by molar-refractivity contribution is 0.481. The van der Waals surface area contributed by atoms with Crippen molar-refractivity contribution >= 4 is 15.7 Å². The van der Waals surface area contributed by atoms with Crippen molar-refractivity contribution < 1.29 is 13.2 Å². The molecule has 3 N–H and O–H groups in total. The molecule has 1 heterocycles. The number of pyridine rings is 1. The van der Waals surface area contributed by atoms with Crippen LogP contribution in [0.25, 0.3) is 0 Å². The van der Waals surface area contributed by atoms with E-state index in [1.165, 1.54) is 24.4 Å². The molecule has 0 saturated carbocycles. The largest absolute Gasteiger partial charge is 0.457 e. The molecule has 1 aromatic heterocycles. The highest BCUT2D eigenvalue weighted by Crippen LogP contribution is 2.22. The van der Waals surface area contributed by atoms with Gasteiger partial charge in [0.05, 0.1) is 4.90 Å². The van der Waals surface area contributed by atoms with Gasteiger partial charge in [0.15, 0.2) is 9.84 Å². The number of nitrogens with one attached hydrogen (secondary N) is 1. The maximum Gasteiger partial charge on any atom is 0.175 e. The normalized spacial score (nSPS) is 11.1. The van der Waals surface area contributed by atoms with Crippen LogP contribution in [0.2, 0.25) is 0 Å². The number of nitrogen functional groups attached to an aromatic ring is 1. The van der Waals surface area contributed by atoms with E-state index in [0.717, 1.165) is 6.26 Å². The third-order valence-electron chi connectivity index (χ3n) is 2.49. The van der Waals surface area contributed by atoms with Gasteiger partial charge in [0.1, 0.15) is 23.0 Å². The number of nitrogens with two attached hydrogens (primary N) is 1. The molecule has 0 radical (unpaired) electrons. The number of amidine groups is 1. The molecule has 2 rings (SSSR count). The zero-order valence-electron chi connectivity index (χ0n) is 10.7. The highest BCUT2D eigenvalue weighted by molar-refractivity contribution is 7.90. The lowest BCUT2D eigenvalue weighted by atomic mass is 10.3. The van der Waals surface area contributed by atoms with Crippen LogP contribution in [0.1, 0.15) is 5.69 Å². The Labute approximate surface area is 116 Å². The summed E-state index contributed by atoms with van der Waals surface area (Å²) >= 11 is 0. The molecule has 0 amide bonds. The van der Waals surface area contributed by atoms with E-state index >= 15 is 0 Å². The van der Waals surface area contributed by atoms with Gasteiger partial charge in [0.2, 0.25) is 0 Å². The van der Waals surface area contributed by atoms with E-state index in [1.807, 2.05) is 0 Å². The van der Waals surface area contributed by atoms with Crippen LogP contribution in [0.3, 0.4) is 0 Å². The van der Waals surface area contributed by atoms with E-state index in [4.69, 9.17) is 15.9 Å². The van der Waals surface area contributed by atoms with Crippen LogP contribution < -0.4 is 10.5 Å². The number of benzene rings is 1. The number of hydrogen-bond acceptors (Lipinski definition) is 5. The average molecular weight is 291 g/mol. The lowest BCUT2D eigenvalue weighted by Crippen LogP contribution is -2.12. The fourth-order valence-corrected chi connectivity index (χ4v) is 2.14. The predicted octanol–water partition coefficient (Wildman–Crippen LogP) is 1.56. The average Bonchev–Trinajstić information content (AvgIpc) is 2.38. The Morgan fingerprint density at radius 1 is 1.20 bits per heavy atom. The van der Waals surface area contributed by atoms with Gasteiger partial charge in [-0.15, -0.1) is 0 Å². The Balaban J connectivity index is 2.22. The van der Waals surface area contributed by atoms with Crippen LogP contribution >= 0.6 is 0 Å². The summed E-state index contributed by atoms with van der Waals surface area (Å²) in [6.07, 6.45) is 2.63. The summed E-state index contributed by atoms with van der Waals surface area (Å²) in [4.78, 5) is 4.14. The standard InChI is InChI=1S/C13H13N3O3S/c1-20(17,18)11-4-2-9(3-5-11)19-10-6-7-16-12(8-10)13(14)15/h2-8H,1H3,(H3,14,15). The topological polar surface area (TPSA) is 106 Å². The van der Waals surface area contributed by atoms with Crippen molar-refractivity contribution in [1.82, 2.24) is 4.98 Å². The highest BCUT2D eigenvalue weighted by atomic mass is 32.2. The Morgan fingerprint density at radius 3 is 2.40 bits per heavy atom. The number of nitrogens with zero attached hydrogens (tertiary/aromatic N) is 1. The van der Waals surface area contributed by atoms with Crippen molar-refractivity contribution in [3.05, 3.63) is 48.3 Å². The van der Waals surface area contributed by atoms with Gasteiger partial charge in [-0.1, -0.05) is 0 Å². The second kappa shape index (κ2) is 5.30. The summed E-state index contributed by atoms with van der Waals surface area (Å²) in [5.74, 6) is 0.804. The van der Waals surface area contributed by atoms with Gasteiger partial charge in [-0.25, -0.2) is 8.42 Å². The molecule has 104 valence electrons. The van der Waals surface area contributed by atoms with Crippen molar-refractivity contribution in [1.29, 1.82) is 5.41 Å². The first kappa shape index (κ1) is 14.0. The minimum atomic E-state index is -3.22. The van der Waals surface area contributed by atoms with Crippen molar-refractivity contribution in [2.45, 2.75) is 4.90 Å². The lowest BCUT2D eigenvalue weighted by Gasteiger charge is -2.07. The first-order valence-corrected chi connectivity index (χ1v) is 7.54. The molecule has 0 aliphatic rings. The molecule has 2 aromatic rings. The summed E-state index contributed by atoms with van der Waals surface area (Å²) in [7, 11) is -3.22. The van der Waals surface area contributed by atoms with E-state index in [0.29, 0.717) is 17.2 Å². The molecular weight excluding hydrogens is 278 g/mol. The van der Waals surface area contributed by atoms with Gasteiger partial charge in [0.25, 0.3) is 0 Å². The number of rotatable bonds is 4. The first-order chi connectivity index (χ1) is 9.36. The minimum Gasteiger partial charge on any atom is -0.457 e. The molecular formula is C13H13N3O3S. The maximum absolute atomic E-state index is 11.3. The number of ether oxygens (including phenoxy) is 1.